The van der Waals surface area contributed by atoms with Crippen molar-refractivity contribution in [1.29, 1.82) is 0 Å². The Morgan fingerprint density at radius 1 is 1.17 bits per heavy atom. The van der Waals surface area contributed by atoms with Gasteiger partial charge in [0.15, 0.2) is 0 Å². The Morgan fingerprint density at radius 3 is 2.60 bits per heavy atom. The second-order valence-corrected chi connectivity index (χ2v) is 11.5. The molecule has 3 atom stereocenters. The quantitative estimate of drug-likeness (QED) is 0.641. The summed E-state index contributed by atoms with van der Waals surface area (Å²) in [5, 5.41) is 14.5. The molecule has 188 valence electrons. The number of rotatable bonds is 6. The van der Waals surface area contributed by atoms with E-state index in [0.717, 1.165) is 42.2 Å². The molecule has 2 saturated heterocycles. The number of likely N-dealkylation sites (tertiary alicyclic amines) is 2. The Balaban J connectivity index is 1.52. The third-order valence-electron chi connectivity index (χ3n) is 8.87. The summed E-state index contributed by atoms with van der Waals surface area (Å²) in [4.78, 5) is 29.7. The smallest absolute Gasteiger partial charge is 0.248 e. The molecule has 7 nitrogen and oxygen atoms in total. The number of piperidine rings is 1. The molecule has 1 aromatic carbocycles. The molecule has 2 amide bonds. The van der Waals surface area contributed by atoms with Crippen LogP contribution in [0, 0.1) is 12.8 Å². The largest absolute Gasteiger partial charge is 0.387 e. The zero-order valence-electron chi connectivity index (χ0n) is 20.7. The van der Waals surface area contributed by atoms with Crippen molar-refractivity contribution in [1.82, 2.24) is 14.2 Å². The van der Waals surface area contributed by atoms with Crippen LogP contribution < -0.4 is 5.73 Å². The number of aliphatic hydroxyl groups is 1. The molecule has 2 aliphatic heterocycles. The van der Waals surface area contributed by atoms with Crippen LogP contribution in [0.15, 0.2) is 29.6 Å². The van der Waals surface area contributed by atoms with Gasteiger partial charge in [-0.3, -0.25) is 14.5 Å². The summed E-state index contributed by atoms with van der Waals surface area (Å²) in [6.07, 6.45) is 4.76. The summed E-state index contributed by atoms with van der Waals surface area (Å²) in [5.41, 5.74) is 7.39. The van der Waals surface area contributed by atoms with Crippen LogP contribution in [-0.2, 0) is 16.6 Å². The molecule has 35 heavy (non-hydrogen) atoms. The first-order chi connectivity index (χ1) is 16.7. The van der Waals surface area contributed by atoms with Crippen LogP contribution in [-0.4, -0.2) is 68.9 Å². The van der Waals surface area contributed by atoms with Crippen LogP contribution in [0.5, 0.6) is 0 Å². The van der Waals surface area contributed by atoms with Crippen LogP contribution in [0.3, 0.4) is 0 Å². The van der Waals surface area contributed by atoms with Gasteiger partial charge in [-0.25, -0.2) is 0 Å². The number of aromatic nitrogens is 1. The Hall–Kier alpha value is -2.29. The molecule has 2 aromatic rings. The highest BCUT2D eigenvalue weighted by Gasteiger charge is 2.59. The van der Waals surface area contributed by atoms with E-state index in [1.807, 2.05) is 35.4 Å². The first-order valence-electron chi connectivity index (χ1n) is 12.8. The minimum Gasteiger partial charge on any atom is -0.387 e. The van der Waals surface area contributed by atoms with Gasteiger partial charge in [0.25, 0.3) is 0 Å². The van der Waals surface area contributed by atoms with Gasteiger partial charge in [0.05, 0.1) is 17.7 Å². The molecule has 0 bridgehead atoms. The zero-order chi connectivity index (χ0) is 24.8. The third kappa shape index (κ3) is 4.41. The van der Waals surface area contributed by atoms with Crippen molar-refractivity contribution >= 4 is 23.3 Å². The first-order valence-corrected chi connectivity index (χ1v) is 13.6. The van der Waals surface area contributed by atoms with Crippen molar-refractivity contribution in [3.05, 3.63) is 52.0 Å². The second kappa shape index (κ2) is 9.30. The number of carbonyl (C=O) groups excluding carboxylic acids is 2. The molecular weight excluding hydrogens is 460 g/mol. The van der Waals surface area contributed by atoms with Crippen LogP contribution in [0.2, 0.25) is 0 Å². The number of fused-ring (bicyclic) bond motifs is 1. The number of primary amides is 1. The van der Waals surface area contributed by atoms with Gasteiger partial charge in [-0.2, -0.15) is 4.37 Å². The molecule has 0 radical (unpaired) electrons. The molecule has 0 spiro atoms. The van der Waals surface area contributed by atoms with Crippen molar-refractivity contribution in [2.24, 2.45) is 11.7 Å². The number of amides is 2. The summed E-state index contributed by atoms with van der Waals surface area (Å²) in [5.74, 6) is 0.327. The van der Waals surface area contributed by atoms with Gasteiger partial charge in [-0.1, -0.05) is 6.07 Å². The lowest BCUT2D eigenvalue weighted by molar-refractivity contribution is -0.137. The maximum Gasteiger partial charge on any atom is 0.248 e. The van der Waals surface area contributed by atoms with Gasteiger partial charge in [0.1, 0.15) is 0 Å². The molecule has 3 heterocycles. The van der Waals surface area contributed by atoms with E-state index in [-0.39, 0.29) is 18.4 Å². The average molecular weight is 497 g/mol. The number of benzene rings is 1. The van der Waals surface area contributed by atoms with Gasteiger partial charge in [-0.15, -0.1) is 0 Å². The van der Waals surface area contributed by atoms with Crippen LogP contribution in [0.1, 0.15) is 66.2 Å². The zero-order valence-corrected chi connectivity index (χ0v) is 21.5. The van der Waals surface area contributed by atoms with E-state index >= 15 is 0 Å². The van der Waals surface area contributed by atoms with Crippen molar-refractivity contribution in [2.45, 2.75) is 69.4 Å². The number of carbonyl (C=O) groups is 2. The standard InChI is InChI=1S/C27H36N4O3S/c1-18-3-6-21(25(28)33)15-23(18)26-8-11-30(24(32)16-22-7-14-35-29-22)13-10-27(26,34)19(2)31(12-9-26)17-20-4-5-20/h3,6-7,14-15,19-20,34H,4-5,8-13,16-17H2,1-2H3,(H2,28,33)/t19?,26-,27?/m0/s1. The fourth-order valence-corrected chi connectivity index (χ4v) is 7.04. The SMILES string of the molecule is Cc1ccc(C(N)=O)cc1[C@@]12CCN(C(=O)Cc3ccsn3)CCC1(O)C(C)N(CC1CC1)CC2. The number of hydrogen-bond acceptors (Lipinski definition) is 6. The van der Waals surface area contributed by atoms with Crippen molar-refractivity contribution in [2.75, 3.05) is 26.2 Å². The Bertz CT molecular complexity index is 1100. The minimum absolute atomic E-state index is 0.0536. The van der Waals surface area contributed by atoms with E-state index < -0.39 is 16.9 Å². The topological polar surface area (TPSA) is 99.8 Å². The summed E-state index contributed by atoms with van der Waals surface area (Å²) in [7, 11) is 0. The molecule has 1 aromatic heterocycles. The lowest BCUT2D eigenvalue weighted by Gasteiger charge is -2.58. The van der Waals surface area contributed by atoms with Gasteiger partial charge in [0.2, 0.25) is 11.8 Å². The molecule has 8 heteroatoms. The summed E-state index contributed by atoms with van der Waals surface area (Å²) >= 11 is 1.36. The maximum absolute atomic E-state index is 13.2. The Morgan fingerprint density at radius 2 is 1.91 bits per heavy atom. The molecule has 3 fully saturated rings. The number of aryl methyl sites for hydroxylation is 1. The van der Waals surface area contributed by atoms with Gasteiger partial charge >= 0.3 is 0 Å². The highest BCUT2D eigenvalue weighted by atomic mass is 32.1. The molecule has 1 saturated carbocycles. The third-order valence-corrected chi connectivity index (χ3v) is 9.47. The average Bonchev–Trinajstić information content (AvgIpc) is 3.54. The minimum atomic E-state index is -1.03. The Kier molecular flexibility index (Phi) is 6.48. The number of hydrogen-bond donors (Lipinski definition) is 2. The van der Waals surface area contributed by atoms with E-state index in [4.69, 9.17) is 5.73 Å². The monoisotopic (exact) mass is 496 g/mol. The van der Waals surface area contributed by atoms with E-state index in [1.165, 1.54) is 24.4 Å². The van der Waals surface area contributed by atoms with Gasteiger partial charge in [-0.05, 0) is 99.3 Å². The lowest BCUT2D eigenvalue weighted by atomic mass is 9.57. The van der Waals surface area contributed by atoms with Crippen LogP contribution in [0.25, 0.3) is 0 Å². The highest BCUT2D eigenvalue weighted by molar-refractivity contribution is 7.03. The molecule has 1 aliphatic carbocycles. The number of nitrogens with two attached hydrogens (primary N) is 1. The number of nitrogens with zero attached hydrogens (tertiary/aromatic N) is 3. The van der Waals surface area contributed by atoms with Crippen molar-refractivity contribution < 1.29 is 14.7 Å². The fraction of sp³-hybridized carbons (Fsp3) is 0.593. The van der Waals surface area contributed by atoms with Crippen molar-refractivity contribution in [3.63, 3.8) is 0 Å². The van der Waals surface area contributed by atoms with Gasteiger partial charge in [0, 0.05) is 42.0 Å². The van der Waals surface area contributed by atoms with E-state index in [1.54, 1.807) is 6.07 Å². The molecule has 3 aliphatic rings. The fourth-order valence-electron chi connectivity index (χ4n) is 6.50. The normalized spacial score (nSPS) is 29.5. The first kappa shape index (κ1) is 24.4. The van der Waals surface area contributed by atoms with E-state index in [9.17, 15) is 14.7 Å². The van der Waals surface area contributed by atoms with E-state index in [0.29, 0.717) is 31.5 Å². The van der Waals surface area contributed by atoms with Crippen molar-refractivity contribution in [3.8, 4) is 0 Å². The second-order valence-electron chi connectivity index (χ2n) is 10.8. The maximum atomic E-state index is 13.2. The Labute approximate surface area is 211 Å². The van der Waals surface area contributed by atoms with Gasteiger partial charge < -0.3 is 15.7 Å². The van der Waals surface area contributed by atoms with E-state index in [2.05, 4.69) is 16.2 Å². The highest BCUT2D eigenvalue weighted by Crippen LogP contribution is 2.52. The molecule has 3 N–H and O–H groups in total. The lowest BCUT2D eigenvalue weighted by Crippen LogP contribution is -2.68. The van der Waals surface area contributed by atoms with Crippen LogP contribution >= 0.6 is 11.5 Å². The predicted molar refractivity (Wildman–Crippen MR) is 136 cm³/mol. The van der Waals surface area contributed by atoms with Crippen LogP contribution in [0.4, 0.5) is 0 Å². The molecule has 2 unspecified atom stereocenters. The summed E-state index contributed by atoms with van der Waals surface area (Å²) in [6, 6.07) is 7.46. The molecule has 5 rings (SSSR count). The summed E-state index contributed by atoms with van der Waals surface area (Å²) < 4.78 is 4.31. The molecular formula is C27H36N4O3S. The summed E-state index contributed by atoms with van der Waals surface area (Å²) in [6.45, 7) is 7.19. The predicted octanol–water partition coefficient (Wildman–Crippen LogP) is 2.89.